The van der Waals surface area contributed by atoms with E-state index < -0.39 is 4.92 Å². The van der Waals surface area contributed by atoms with Gasteiger partial charge in [0.2, 0.25) is 0 Å². The average molecular weight is 252 g/mol. The van der Waals surface area contributed by atoms with Gasteiger partial charge in [0.25, 0.3) is 5.91 Å². The summed E-state index contributed by atoms with van der Waals surface area (Å²) in [5.41, 5.74) is 0.357. The third-order valence-corrected chi connectivity index (χ3v) is 3.16. The molecule has 1 saturated heterocycles. The fourth-order valence-corrected chi connectivity index (χ4v) is 2.18. The zero-order valence-corrected chi connectivity index (χ0v) is 10.4. The van der Waals surface area contributed by atoms with Crippen molar-refractivity contribution >= 4 is 11.7 Å². The topological polar surface area (TPSA) is 80.4 Å². The molecule has 98 valence electrons. The molecule has 1 aliphatic heterocycles. The fraction of sp³-hybridized carbons (Fsp3) is 0.545. The Morgan fingerprint density at radius 2 is 2.28 bits per heavy atom. The quantitative estimate of drug-likeness (QED) is 0.609. The molecule has 1 aromatic rings. The van der Waals surface area contributed by atoms with Gasteiger partial charge >= 0.3 is 5.82 Å². The van der Waals surface area contributed by atoms with Gasteiger partial charge in [-0.1, -0.05) is 0 Å². The summed E-state index contributed by atoms with van der Waals surface area (Å²) < 4.78 is 1.33. The van der Waals surface area contributed by atoms with Crippen LogP contribution in [0.5, 0.6) is 0 Å². The Hall–Kier alpha value is -1.89. The molecule has 1 aliphatic rings. The van der Waals surface area contributed by atoms with Crippen LogP contribution in [0, 0.1) is 10.1 Å². The molecule has 18 heavy (non-hydrogen) atoms. The SMILES string of the molecule is CC1CN(C(=O)c2ccc([N+](=O)[O-])n2C)CCN1. The van der Waals surface area contributed by atoms with Crippen molar-refractivity contribution in [3.8, 4) is 0 Å². The van der Waals surface area contributed by atoms with Crippen molar-refractivity contribution < 1.29 is 9.72 Å². The molecule has 7 nitrogen and oxygen atoms in total. The van der Waals surface area contributed by atoms with Crippen LogP contribution in [-0.2, 0) is 7.05 Å². The van der Waals surface area contributed by atoms with Gasteiger partial charge in [0, 0.05) is 31.7 Å². The van der Waals surface area contributed by atoms with E-state index in [4.69, 9.17) is 0 Å². The number of rotatable bonds is 2. The second-order valence-electron chi connectivity index (χ2n) is 4.50. The first-order valence-corrected chi connectivity index (χ1v) is 5.83. The van der Waals surface area contributed by atoms with Gasteiger partial charge in [0.05, 0.1) is 7.05 Å². The molecule has 2 heterocycles. The van der Waals surface area contributed by atoms with Gasteiger partial charge in [-0.3, -0.25) is 4.79 Å². The number of amides is 1. The lowest BCUT2D eigenvalue weighted by molar-refractivity contribution is -0.391. The highest BCUT2D eigenvalue weighted by molar-refractivity contribution is 5.93. The lowest BCUT2D eigenvalue weighted by atomic mass is 10.2. The Balaban J connectivity index is 2.21. The molecule has 0 saturated carbocycles. The summed E-state index contributed by atoms with van der Waals surface area (Å²) in [6.45, 7) is 4.01. The summed E-state index contributed by atoms with van der Waals surface area (Å²) in [5, 5.41) is 14.0. The molecule has 0 aliphatic carbocycles. The Labute approximate surface area is 105 Å². The largest absolute Gasteiger partial charge is 0.358 e. The molecule has 1 unspecified atom stereocenters. The Morgan fingerprint density at radius 3 is 2.83 bits per heavy atom. The first-order chi connectivity index (χ1) is 8.50. The number of nitrogens with one attached hydrogen (secondary N) is 1. The van der Waals surface area contributed by atoms with Crippen LogP contribution in [-0.4, -0.2) is 46.0 Å². The summed E-state index contributed by atoms with van der Waals surface area (Å²) >= 11 is 0. The second kappa shape index (κ2) is 4.77. The van der Waals surface area contributed by atoms with E-state index in [0.717, 1.165) is 6.54 Å². The molecule has 0 bridgehead atoms. The summed E-state index contributed by atoms with van der Waals surface area (Å²) in [4.78, 5) is 24.2. The smallest absolute Gasteiger partial charge is 0.323 e. The van der Waals surface area contributed by atoms with Crippen LogP contribution in [0.1, 0.15) is 17.4 Å². The van der Waals surface area contributed by atoms with Crippen LogP contribution < -0.4 is 5.32 Å². The molecule has 1 atom stereocenters. The first-order valence-electron chi connectivity index (χ1n) is 5.83. The van der Waals surface area contributed by atoms with Crippen molar-refractivity contribution in [2.75, 3.05) is 19.6 Å². The van der Waals surface area contributed by atoms with Gasteiger partial charge in [0.1, 0.15) is 0 Å². The maximum Gasteiger partial charge on any atom is 0.323 e. The molecular weight excluding hydrogens is 236 g/mol. The van der Waals surface area contributed by atoms with Crippen LogP contribution in [0.25, 0.3) is 0 Å². The molecule has 7 heteroatoms. The van der Waals surface area contributed by atoms with Crippen LogP contribution in [0.15, 0.2) is 12.1 Å². The number of carbonyl (C=O) groups is 1. The molecular formula is C11H16N4O3. The zero-order valence-electron chi connectivity index (χ0n) is 10.4. The maximum atomic E-state index is 12.3. The van der Waals surface area contributed by atoms with Gasteiger partial charge in [-0.15, -0.1) is 0 Å². The number of nitrogens with zero attached hydrogens (tertiary/aromatic N) is 3. The number of hydrogen-bond acceptors (Lipinski definition) is 4. The van der Waals surface area contributed by atoms with Crippen molar-refractivity contribution in [3.63, 3.8) is 0 Å². The average Bonchev–Trinajstić information content (AvgIpc) is 2.70. The van der Waals surface area contributed by atoms with Crippen molar-refractivity contribution in [2.24, 2.45) is 7.05 Å². The molecule has 0 spiro atoms. The third kappa shape index (κ3) is 2.21. The first kappa shape index (κ1) is 12.6. The zero-order chi connectivity index (χ0) is 13.3. The summed E-state index contributed by atoms with van der Waals surface area (Å²) in [5.74, 6) is -0.222. The minimum absolute atomic E-state index is 0.0680. The van der Waals surface area contributed by atoms with Crippen LogP contribution in [0.2, 0.25) is 0 Å². The van der Waals surface area contributed by atoms with E-state index in [1.54, 1.807) is 4.90 Å². The fourth-order valence-electron chi connectivity index (χ4n) is 2.18. The number of hydrogen-bond donors (Lipinski definition) is 1. The summed E-state index contributed by atoms with van der Waals surface area (Å²) in [6, 6.07) is 3.12. The van der Waals surface area contributed by atoms with Crippen molar-refractivity contribution in [2.45, 2.75) is 13.0 Å². The highest BCUT2D eigenvalue weighted by atomic mass is 16.6. The predicted octanol–water partition coefficient (Wildman–Crippen LogP) is 0.367. The van der Waals surface area contributed by atoms with E-state index in [2.05, 4.69) is 5.32 Å². The lowest BCUT2D eigenvalue weighted by Gasteiger charge is -2.31. The standard InChI is InChI=1S/C11H16N4O3/c1-8-7-14(6-5-12-8)11(16)9-3-4-10(13(9)2)15(17)18/h3-4,8,12H,5-7H2,1-2H3. The normalized spacial score (nSPS) is 19.9. The molecule has 2 rings (SSSR count). The number of nitro groups is 1. The summed E-state index contributed by atoms with van der Waals surface area (Å²) in [7, 11) is 1.54. The summed E-state index contributed by atoms with van der Waals surface area (Å²) in [6.07, 6.45) is 0. The van der Waals surface area contributed by atoms with Crippen LogP contribution in [0.3, 0.4) is 0 Å². The van der Waals surface area contributed by atoms with Gasteiger partial charge in [-0.2, -0.15) is 0 Å². The van der Waals surface area contributed by atoms with Gasteiger partial charge in [0.15, 0.2) is 5.69 Å². The van der Waals surface area contributed by atoms with Gasteiger partial charge < -0.3 is 20.3 Å². The van der Waals surface area contributed by atoms with E-state index in [0.29, 0.717) is 18.8 Å². The highest BCUT2D eigenvalue weighted by Gasteiger charge is 2.27. The number of carbonyl (C=O) groups excluding carboxylic acids is 1. The Kier molecular flexibility index (Phi) is 3.33. The van der Waals surface area contributed by atoms with Crippen LogP contribution >= 0.6 is 0 Å². The highest BCUT2D eigenvalue weighted by Crippen LogP contribution is 2.17. The molecule has 1 amide bonds. The molecule has 0 aromatic carbocycles. The maximum absolute atomic E-state index is 12.3. The van der Waals surface area contributed by atoms with Crippen molar-refractivity contribution in [1.82, 2.24) is 14.8 Å². The van der Waals surface area contributed by atoms with E-state index in [1.165, 1.54) is 23.7 Å². The van der Waals surface area contributed by atoms with E-state index in [1.807, 2.05) is 6.92 Å². The van der Waals surface area contributed by atoms with E-state index in [-0.39, 0.29) is 17.8 Å². The monoisotopic (exact) mass is 252 g/mol. The molecule has 1 fully saturated rings. The van der Waals surface area contributed by atoms with Crippen molar-refractivity contribution in [3.05, 3.63) is 27.9 Å². The minimum Gasteiger partial charge on any atom is -0.358 e. The van der Waals surface area contributed by atoms with E-state index in [9.17, 15) is 14.9 Å². The number of aromatic nitrogens is 1. The molecule has 1 N–H and O–H groups in total. The third-order valence-electron chi connectivity index (χ3n) is 3.16. The lowest BCUT2D eigenvalue weighted by Crippen LogP contribution is -2.51. The predicted molar refractivity (Wildman–Crippen MR) is 65.4 cm³/mol. The van der Waals surface area contributed by atoms with Gasteiger partial charge in [-0.05, 0) is 17.9 Å². The minimum atomic E-state index is -0.489. The molecule has 1 aromatic heterocycles. The second-order valence-corrected chi connectivity index (χ2v) is 4.50. The van der Waals surface area contributed by atoms with Gasteiger partial charge in [-0.25, -0.2) is 4.57 Å². The Morgan fingerprint density at radius 1 is 1.56 bits per heavy atom. The number of piperazine rings is 1. The Bertz CT molecular complexity index is 483. The molecule has 0 radical (unpaired) electrons. The van der Waals surface area contributed by atoms with Crippen molar-refractivity contribution in [1.29, 1.82) is 0 Å². The van der Waals surface area contributed by atoms with Crippen LogP contribution in [0.4, 0.5) is 5.82 Å². The van der Waals surface area contributed by atoms with E-state index >= 15 is 0 Å².